The number of non-ortho nitro benzene ring substituents is 2. The Hall–Kier alpha value is -9.24. The molecule has 8 aromatic rings. The highest BCUT2D eigenvalue weighted by molar-refractivity contribution is 8.13. The van der Waals surface area contributed by atoms with Crippen LogP contribution >= 0.6 is 10.7 Å². The fourth-order valence-electron chi connectivity index (χ4n) is 13.0. The first kappa shape index (κ1) is 86.7. The zero-order valence-electron chi connectivity index (χ0n) is 60.7. The number of anilines is 3. The Morgan fingerprint density at radius 1 is 0.527 bits per heavy atom. The second-order valence-corrected chi connectivity index (χ2v) is 36.6. The molecule has 0 radical (unpaired) electrons. The molecule has 8 heterocycles. The SMILES string of the molecule is CS(=O)c1ncc2cc(C#N)c(=O)n(C3CCCC3)c2n1.N#Cc1cc2cnc(Nc3ccc(S(=O)(=O)N4CCC(O)CC4)cc3)nc2n(C2CCCC2)c1=O.Nc1ccc(S(=O)(=O)N2CCC(O)CC2)cc1.O=[N+]([O-])c1ccc(S(=O)(=O)Cl)cc1.O=[N+]([O-])c1ccc(S(=O)(=O)N2CCC(O)CC2)cc1.OC1CCNCC1. The number of nitrogens with zero attached hydrogens (tertiary/aromatic N) is 13. The van der Waals surface area contributed by atoms with E-state index < -0.39 is 72.0 Å². The Morgan fingerprint density at radius 2 is 0.866 bits per heavy atom. The van der Waals surface area contributed by atoms with Crippen molar-refractivity contribution < 1.29 is 68.2 Å². The predicted octanol–water partition coefficient (Wildman–Crippen LogP) is 6.59. The minimum absolute atomic E-state index is 0.00133. The average Bonchev–Trinajstić information content (AvgIpc) is 1.25. The van der Waals surface area contributed by atoms with Crippen molar-refractivity contribution in [2.45, 2.75) is 164 Å². The van der Waals surface area contributed by atoms with Gasteiger partial charge in [0.15, 0.2) is 0 Å². The number of piperidine rings is 4. The molecule has 14 rings (SSSR count). The van der Waals surface area contributed by atoms with E-state index in [1.165, 1.54) is 86.0 Å². The Bertz CT molecular complexity index is 5350. The summed E-state index contributed by atoms with van der Waals surface area (Å²) in [6.07, 6.45) is 15.5. The van der Waals surface area contributed by atoms with E-state index in [4.69, 9.17) is 26.8 Å². The maximum Gasteiger partial charge on any atom is 0.270 e. The van der Waals surface area contributed by atoms with E-state index in [-0.39, 0.29) is 102 Å². The number of rotatable bonds is 14. The van der Waals surface area contributed by atoms with Gasteiger partial charge < -0.3 is 36.8 Å². The molecule has 0 spiro atoms. The number of sulfonamides is 3. The minimum Gasteiger partial charge on any atom is -0.399 e. The van der Waals surface area contributed by atoms with Gasteiger partial charge in [-0.1, -0.05) is 25.7 Å². The highest BCUT2D eigenvalue weighted by Crippen LogP contribution is 2.34. The summed E-state index contributed by atoms with van der Waals surface area (Å²) in [5.41, 5.74) is 6.82. The maximum atomic E-state index is 12.9. The van der Waals surface area contributed by atoms with Gasteiger partial charge in [0.1, 0.15) is 34.6 Å². The molecule has 4 saturated heterocycles. The van der Waals surface area contributed by atoms with Crippen LogP contribution in [0.25, 0.3) is 22.1 Å². The molecule has 112 heavy (non-hydrogen) atoms. The number of hydrogen-bond donors (Lipinski definition) is 7. The fraction of sp³-hybridized carbons (Fsp3) is 0.437. The molecule has 2 saturated carbocycles. The molecule has 2 aliphatic carbocycles. The first-order valence-corrected chi connectivity index (χ1v) is 44.0. The van der Waals surface area contributed by atoms with E-state index in [0.717, 1.165) is 102 Å². The monoisotopic (exact) mass is 1660 g/mol. The lowest BCUT2D eigenvalue weighted by Gasteiger charge is -2.28. The van der Waals surface area contributed by atoms with Crippen molar-refractivity contribution in [3.8, 4) is 12.1 Å². The molecular weight excluding hydrogens is 1580 g/mol. The maximum absolute atomic E-state index is 12.9. The van der Waals surface area contributed by atoms with E-state index in [1.807, 2.05) is 12.1 Å². The average molecular weight is 1660 g/mol. The largest absolute Gasteiger partial charge is 0.399 e. The quantitative estimate of drug-likeness (QED) is 0.0198. The number of hydrogen-bond acceptors (Lipinski definition) is 28. The molecule has 4 aliphatic heterocycles. The number of nitro groups is 2. The topological polar surface area (TPSA) is 524 Å². The van der Waals surface area contributed by atoms with Crippen molar-refractivity contribution >= 4 is 111 Å². The van der Waals surface area contributed by atoms with E-state index in [0.29, 0.717) is 98.1 Å². The molecule has 0 bridgehead atoms. The van der Waals surface area contributed by atoms with Crippen molar-refractivity contribution in [2.24, 2.45) is 0 Å². The van der Waals surface area contributed by atoms with Gasteiger partial charge >= 0.3 is 0 Å². The van der Waals surface area contributed by atoms with Gasteiger partial charge in [0, 0.05) is 127 Å². The van der Waals surface area contributed by atoms with Crippen LogP contribution in [0.5, 0.6) is 0 Å². The molecule has 6 fully saturated rings. The Kier molecular flexibility index (Phi) is 30.2. The molecule has 41 heteroatoms. The summed E-state index contributed by atoms with van der Waals surface area (Å²) in [7, 11) is -10.8. The number of benzene rings is 4. The standard InChI is InChI=1S/C24H26N6O4S.C14H14N4O2S.C11H14N2O5S.C11H16N2O3S.C6H4ClNO4S.C5H11NO/c25-14-16-13-17-15-26-24(28-22(17)30(23(16)32)19-3-1-2-4-19)27-18-5-7-21(8-6-18)35(33,34)29-11-9-20(31)10-12-29;1-21(20)14-16-8-10-6-9(7-15)13(19)18(12(10)17-14)11-4-2-3-5-11;14-10-5-7-12(8-6-10)19(17,18)11-3-1-9(2-4-11)13(15)16;12-9-1-3-11(4-2-9)17(15,16)13-7-5-10(14)6-8-13;7-13(11,12)6-3-1-5(2-4-6)8(9)10;7-5-1-3-6-4-2-5/h5-8,13,15,19-20,31H,1-4,9-12H2,(H,26,27,28);6,8,11H,2-5H2,1H3;1-4,10,14H,5-8H2;1-4,10,14H,5-8,12H2;1-4H;5-7H,1-4H2. The number of fused-ring (bicyclic) bond motifs is 2. The molecule has 4 aromatic carbocycles. The van der Waals surface area contributed by atoms with Crippen LogP contribution < -0.4 is 27.5 Å². The number of nitro benzene ring substituents is 2. The number of aliphatic hydroxyl groups is 4. The lowest BCUT2D eigenvalue weighted by molar-refractivity contribution is -0.385. The Morgan fingerprint density at radius 3 is 1.21 bits per heavy atom. The molecule has 4 aromatic heterocycles. The summed E-state index contributed by atoms with van der Waals surface area (Å²) in [6, 6.07) is 28.6. The lowest BCUT2D eigenvalue weighted by atomic mass is 10.1. The summed E-state index contributed by atoms with van der Waals surface area (Å²) >= 11 is 0. The predicted molar refractivity (Wildman–Crippen MR) is 414 cm³/mol. The van der Waals surface area contributed by atoms with Gasteiger partial charge in [0.05, 0.1) is 64.6 Å². The number of aromatic nitrogens is 6. The van der Waals surface area contributed by atoms with Crippen molar-refractivity contribution in [1.82, 2.24) is 47.3 Å². The van der Waals surface area contributed by atoms with E-state index >= 15 is 0 Å². The van der Waals surface area contributed by atoms with E-state index in [1.54, 1.807) is 39.6 Å². The highest BCUT2D eigenvalue weighted by atomic mass is 35.7. The van der Waals surface area contributed by atoms with E-state index in [2.05, 4.69) is 30.6 Å². The Labute approximate surface area is 652 Å². The van der Waals surface area contributed by atoms with E-state index in [9.17, 15) is 88.3 Å². The molecule has 6 aliphatic rings. The number of halogens is 1. The van der Waals surface area contributed by atoms with Crippen molar-refractivity contribution in [3.05, 3.63) is 174 Å². The van der Waals surface area contributed by atoms with Gasteiger partial charge in [-0.05, 0) is 175 Å². The van der Waals surface area contributed by atoms with Crippen LogP contribution in [0, 0.1) is 42.9 Å². The van der Waals surface area contributed by atoms with Gasteiger partial charge in [-0.25, -0.2) is 48.6 Å². The summed E-state index contributed by atoms with van der Waals surface area (Å²) < 4.78 is 115. The Balaban J connectivity index is 0.000000163. The van der Waals surface area contributed by atoms with Crippen LogP contribution in [0.15, 0.2) is 156 Å². The molecule has 600 valence electrons. The van der Waals surface area contributed by atoms with Gasteiger partial charge in [0.25, 0.3) is 31.5 Å². The molecule has 1 unspecified atom stereocenters. The smallest absolute Gasteiger partial charge is 0.270 e. The number of nitrogens with one attached hydrogen (secondary N) is 2. The summed E-state index contributed by atoms with van der Waals surface area (Å²) in [5.74, 6) is 0.272. The van der Waals surface area contributed by atoms with Crippen LogP contribution in [0.2, 0.25) is 0 Å². The number of nitriles is 2. The van der Waals surface area contributed by atoms with Crippen LogP contribution in [-0.4, -0.2) is 193 Å². The molecule has 8 N–H and O–H groups in total. The number of nitrogen functional groups attached to an aromatic ring is 1. The zero-order valence-corrected chi connectivity index (χ0v) is 65.5. The summed E-state index contributed by atoms with van der Waals surface area (Å²) in [6.45, 7) is 3.83. The van der Waals surface area contributed by atoms with Gasteiger partial charge in [-0.2, -0.15) is 28.4 Å². The first-order chi connectivity index (χ1) is 53.2. The van der Waals surface area contributed by atoms with Gasteiger partial charge in [0.2, 0.25) is 41.2 Å². The van der Waals surface area contributed by atoms with Crippen molar-refractivity contribution in [3.63, 3.8) is 0 Å². The third-order valence-electron chi connectivity index (χ3n) is 19.3. The molecule has 1 atom stereocenters. The van der Waals surface area contributed by atoms with Crippen molar-refractivity contribution in [1.29, 1.82) is 10.5 Å². The normalized spacial score (nSPS) is 17.8. The van der Waals surface area contributed by atoms with Crippen LogP contribution in [0.4, 0.5) is 28.7 Å². The number of aliphatic hydroxyl groups excluding tert-OH is 4. The second kappa shape index (κ2) is 39.0. The minimum atomic E-state index is -3.80. The third-order valence-corrected chi connectivity index (χ3v) is 27.1. The first-order valence-electron chi connectivity index (χ1n) is 35.8. The van der Waals surface area contributed by atoms with Crippen LogP contribution in [0.3, 0.4) is 0 Å². The van der Waals surface area contributed by atoms with Crippen LogP contribution in [0.1, 0.15) is 126 Å². The third kappa shape index (κ3) is 22.6. The molecule has 35 nitrogen and oxygen atoms in total. The number of pyridine rings is 2. The number of nitrogens with two attached hydrogens (primary N) is 1. The second-order valence-electron chi connectivity index (χ2n) is 27.0. The van der Waals surface area contributed by atoms with Crippen molar-refractivity contribution in [2.75, 3.05) is 69.7 Å². The molecular formula is C71H85ClN16O19S5. The highest BCUT2D eigenvalue weighted by Gasteiger charge is 2.33. The lowest BCUT2D eigenvalue weighted by Crippen LogP contribution is -2.39. The van der Waals surface area contributed by atoms with Gasteiger partial charge in [-0.3, -0.25) is 43.2 Å². The van der Waals surface area contributed by atoms with Gasteiger partial charge in [-0.15, -0.1) is 0 Å². The summed E-state index contributed by atoms with van der Waals surface area (Å²) in [5, 5.41) is 84.2. The van der Waals surface area contributed by atoms with Crippen LogP contribution in [-0.2, 0) is 49.9 Å². The fourth-order valence-corrected chi connectivity index (χ4v) is 18.6. The zero-order chi connectivity index (χ0) is 81.2. The molecule has 0 amide bonds. The summed E-state index contributed by atoms with van der Waals surface area (Å²) in [4.78, 5) is 62.5.